The molecule has 0 nitrogen and oxygen atoms in total. The smallest absolute Gasteiger partial charge is 0.0138 e. The van der Waals surface area contributed by atoms with Crippen LogP contribution in [0.4, 0.5) is 0 Å². The number of hydrogen-bond donors (Lipinski definition) is 0. The molecule has 98 valence electrons. The molecule has 0 amide bonds. The van der Waals surface area contributed by atoms with Crippen molar-refractivity contribution in [1.82, 2.24) is 0 Å². The molecule has 0 spiro atoms. The van der Waals surface area contributed by atoms with Crippen molar-refractivity contribution in [3.63, 3.8) is 0 Å². The van der Waals surface area contributed by atoms with Gasteiger partial charge in [-0.05, 0) is 18.8 Å². The van der Waals surface area contributed by atoms with Crippen LogP contribution < -0.4 is 0 Å². The lowest BCUT2D eigenvalue weighted by atomic mass is 10.1. The van der Waals surface area contributed by atoms with Crippen LogP contribution in [0, 0.1) is 5.92 Å². The molecule has 0 rings (SSSR count). The number of hydrogen-bond acceptors (Lipinski definition) is 2. The Balaban J connectivity index is 4.02. The minimum Gasteiger partial charge on any atom is -0.155 e. The molecule has 0 fully saturated rings. The molecule has 0 radical (unpaired) electrons. The van der Waals surface area contributed by atoms with Gasteiger partial charge in [-0.2, -0.15) is 23.5 Å². The predicted molar refractivity (Wildman–Crippen MR) is 82.8 cm³/mol. The number of thioether (sulfide) groups is 2. The van der Waals surface area contributed by atoms with E-state index in [1.165, 1.54) is 18.6 Å². The molecule has 0 heterocycles. The van der Waals surface area contributed by atoms with Crippen LogP contribution in [0.3, 0.4) is 0 Å². The fourth-order valence-corrected chi connectivity index (χ4v) is 3.84. The highest BCUT2D eigenvalue weighted by molar-refractivity contribution is 8.04. The Morgan fingerprint density at radius 2 is 1.62 bits per heavy atom. The average molecular weight is 263 g/mol. The molecule has 0 aliphatic carbocycles. The minimum absolute atomic E-state index is 0.453. The van der Waals surface area contributed by atoms with Gasteiger partial charge in [0.15, 0.2) is 0 Å². The van der Waals surface area contributed by atoms with Crippen LogP contribution in [-0.2, 0) is 0 Å². The largest absolute Gasteiger partial charge is 0.155 e. The first-order valence-electron chi connectivity index (χ1n) is 6.61. The van der Waals surface area contributed by atoms with E-state index in [9.17, 15) is 0 Å². The van der Waals surface area contributed by atoms with E-state index in [0.717, 1.165) is 16.4 Å². The fraction of sp³-hybridized carbons (Fsp3) is 1.00. The molecule has 0 aromatic carbocycles. The summed E-state index contributed by atoms with van der Waals surface area (Å²) in [7, 11) is 0. The first-order chi connectivity index (χ1) is 7.32. The third-order valence-corrected chi connectivity index (χ3v) is 7.02. The second-order valence-corrected chi connectivity index (χ2v) is 8.95. The van der Waals surface area contributed by atoms with Crippen molar-refractivity contribution < 1.29 is 0 Å². The molecule has 0 saturated carbocycles. The Labute approximate surface area is 112 Å². The van der Waals surface area contributed by atoms with E-state index < -0.39 is 0 Å². The zero-order valence-electron chi connectivity index (χ0n) is 12.2. The molecule has 0 N–H and O–H groups in total. The van der Waals surface area contributed by atoms with Crippen molar-refractivity contribution in [3.05, 3.63) is 0 Å². The van der Waals surface area contributed by atoms with E-state index in [2.05, 4.69) is 72.0 Å². The van der Waals surface area contributed by atoms with E-state index in [4.69, 9.17) is 0 Å². The maximum absolute atomic E-state index is 2.37. The third kappa shape index (κ3) is 7.11. The van der Waals surface area contributed by atoms with Gasteiger partial charge in [-0.25, -0.2) is 0 Å². The molecule has 2 unspecified atom stereocenters. The summed E-state index contributed by atoms with van der Waals surface area (Å²) in [5.74, 6) is 2.10. The van der Waals surface area contributed by atoms with E-state index in [1.807, 2.05) is 0 Å². The molecule has 16 heavy (non-hydrogen) atoms. The molecule has 0 aliphatic rings. The van der Waals surface area contributed by atoms with Crippen molar-refractivity contribution in [2.24, 2.45) is 5.92 Å². The molecule has 0 aromatic heterocycles. The Bertz CT molecular complexity index is 176. The molecule has 2 heteroatoms. The second kappa shape index (κ2) is 7.92. The molecule has 2 atom stereocenters. The molecule has 0 bridgehead atoms. The van der Waals surface area contributed by atoms with E-state index in [0.29, 0.717) is 4.75 Å². The van der Waals surface area contributed by atoms with Gasteiger partial charge in [-0.1, -0.05) is 48.5 Å². The van der Waals surface area contributed by atoms with E-state index in [1.54, 1.807) is 0 Å². The van der Waals surface area contributed by atoms with Crippen molar-refractivity contribution in [2.45, 2.75) is 76.6 Å². The van der Waals surface area contributed by atoms with E-state index >= 15 is 0 Å². The molecule has 0 aliphatic heterocycles. The summed E-state index contributed by atoms with van der Waals surface area (Å²) in [4.78, 5) is 0. The van der Waals surface area contributed by atoms with Crippen LogP contribution in [-0.4, -0.2) is 21.0 Å². The van der Waals surface area contributed by atoms with Crippen molar-refractivity contribution in [1.29, 1.82) is 0 Å². The predicted octanol–water partition coefficient (Wildman–Crippen LogP) is 5.46. The Morgan fingerprint density at radius 1 is 1.06 bits per heavy atom. The van der Waals surface area contributed by atoms with Crippen molar-refractivity contribution in [2.75, 3.05) is 5.75 Å². The quantitative estimate of drug-likeness (QED) is 0.569. The standard InChI is InChI=1S/C14H30S2/c1-8-13(16-12(5)11(3)4)10-15-14(6,7)9-2/h11-13H,8-10H2,1-7H3. The second-order valence-electron chi connectivity index (χ2n) is 5.54. The maximum Gasteiger partial charge on any atom is 0.0138 e. The van der Waals surface area contributed by atoms with Gasteiger partial charge in [0.25, 0.3) is 0 Å². The summed E-state index contributed by atoms with van der Waals surface area (Å²) in [6.45, 7) is 16.4. The molecule has 0 aromatic rings. The van der Waals surface area contributed by atoms with Crippen LogP contribution in [0.15, 0.2) is 0 Å². The van der Waals surface area contributed by atoms with Gasteiger partial charge < -0.3 is 0 Å². The van der Waals surface area contributed by atoms with Crippen LogP contribution in [0.5, 0.6) is 0 Å². The lowest BCUT2D eigenvalue weighted by Gasteiger charge is -2.27. The zero-order chi connectivity index (χ0) is 12.8. The SMILES string of the molecule is CCC(CSC(C)(C)CC)SC(C)C(C)C. The van der Waals surface area contributed by atoms with Crippen LogP contribution in [0.1, 0.15) is 61.3 Å². The van der Waals surface area contributed by atoms with Gasteiger partial charge >= 0.3 is 0 Å². The van der Waals surface area contributed by atoms with Gasteiger partial charge in [0.2, 0.25) is 0 Å². The highest BCUT2D eigenvalue weighted by Crippen LogP contribution is 2.34. The lowest BCUT2D eigenvalue weighted by Crippen LogP contribution is -2.20. The Morgan fingerprint density at radius 3 is 2.00 bits per heavy atom. The molecule has 0 saturated heterocycles. The van der Waals surface area contributed by atoms with Gasteiger partial charge in [0.05, 0.1) is 0 Å². The van der Waals surface area contributed by atoms with Gasteiger partial charge in [0, 0.05) is 21.0 Å². The highest BCUT2D eigenvalue weighted by Gasteiger charge is 2.20. The Kier molecular flexibility index (Phi) is 8.26. The van der Waals surface area contributed by atoms with Crippen molar-refractivity contribution >= 4 is 23.5 Å². The van der Waals surface area contributed by atoms with Gasteiger partial charge in [-0.3, -0.25) is 0 Å². The summed E-state index contributed by atoms with van der Waals surface area (Å²) in [5, 5.41) is 1.61. The highest BCUT2D eigenvalue weighted by atomic mass is 32.2. The Hall–Kier alpha value is 0.700. The summed E-state index contributed by atoms with van der Waals surface area (Å²) in [6, 6.07) is 0. The number of rotatable bonds is 8. The summed E-state index contributed by atoms with van der Waals surface area (Å²) >= 11 is 4.33. The maximum atomic E-state index is 2.37. The third-order valence-electron chi connectivity index (χ3n) is 3.31. The van der Waals surface area contributed by atoms with Gasteiger partial charge in [0.1, 0.15) is 0 Å². The first-order valence-corrected chi connectivity index (χ1v) is 8.54. The summed E-state index contributed by atoms with van der Waals surface area (Å²) < 4.78 is 0.453. The van der Waals surface area contributed by atoms with Crippen molar-refractivity contribution in [3.8, 4) is 0 Å². The molecular weight excluding hydrogens is 232 g/mol. The fourth-order valence-electron chi connectivity index (χ4n) is 1.13. The zero-order valence-corrected chi connectivity index (χ0v) is 13.8. The normalized spacial score (nSPS) is 16.5. The van der Waals surface area contributed by atoms with Gasteiger partial charge in [-0.15, -0.1) is 0 Å². The average Bonchev–Trinajstić information content (AvgIpc) is 2.23. The monoisotopic (exact) mass is 262 g/mol. The summed E-state index contributed by atoms with van der Waals surface area (Å²) in [5.41, 5.74) is 0. The topological polar surface area (TPSA) is 0 Å². The lowest BCUT2D eigenvalue weighted by molar-refractivity contribution is 0.638. The van der Waals surface area contributed by atoms with Crippen LogP contribution in [0.25, 0.3) is 0 Å². The van der Waals surface area contributed by atoms with E-state index in [-0.39, 0.29) is 0 Å². The summed E-state index contributed by atoms with van der Waals surface area (Å²) in [6.07, 6.45) is 2.56. The first kappa shape index (κ1) is 16.7. The van der Waals surface area contributed by atoms with Crippen LogP contribution >= 0.6 is 23.5 Å². The molecular formula is C14H30S2. The van der Waals surface area contributed by atoms with Crippen LogP contribution in [0.2, 0.25) is 0 Å². The minimum atomic E-state index is 0.453.